The zero-order chi connectivity index (χ0) is 15.9. The van der Waals surface area contributed by atoms with Crippen molar-refractivity contribution in [1.29, 1.82) is 0 Å². The van der Waals surface area contributed by atoms with Crippen LogP contribution in [0.5, 0.6) is 5.75 Å². The van der Waals surface area contributed by atoms with Gasteiger partial charge in [0.05, 0.1) is 23.4 Å². The van der Waals surface area contributed by atoms with E-state index in [1.165, 1.54) is 5.56 Å². The normalized spacial score (nSPS) is 11.0. The second-order valence-electron chi connectivity index (χ2n) is 5.62. The van der Waals surface area contributed by atoms with Gasteiger partial charge in [-0.2, -0.15) is 11.8 Å². The molecule has 0 atom stereocenters. The highest BCUT2D eigenvalue weighted by Crippen LogP contribution is 2.16. The summed E-state index contributed by atoms with van der Waals surface area (Å²) in [6, 6.07) is 16.4. The number of aromatic nitrogens is 2. The van der Waals surface area contributed by atoms with Gasteiger partial charge in [0.2, 0.25) is 0 Å². The van der Waals surface area contributed by atoms with Crippen LogP contribution in [-0.2, 0) is 5.75 Å². The number of thioether (sulfide) groups is 1. The standard InChI is InChI=1S/C19H22N2OS/c1-15-8-10-16(11-9-15)22-12-4-5-13-23-14-19-20-17-6-2-3-7-18(17)21-19/h2-3,6-11H,4-5,12-14H2,1H3,(H,20,21). The van der Waals surface area contributed by atoms with Crippen LogP contribution < -0.4 is 4.74 Å². The van der Waals surface area contributed by atoms with Gasteiger partial charge in [-0.15, -0.1) is 0 Å². The van der Waals surface area contributed by atoms with Gasteiger partial charge in [0.15, 0.2) is 0 Å². The number of ether oxygens (including phenoxy) is 1. The van der Waals surface area contributed by atoms with Crippen molar-refractivity contribution in [2.75, 3.05) is 12.4 Å². The Labute approximate surface area is 141 Å². The zero-order valence-electron chi connectivity index (χ0n) is 13.4. The van der Waals surface area contributed by atoms with Crippen LogP contribution in [0.3, 0.4) is 0 Å². The van der Waals surface area contributed by atoms with Gasteiger partial charge in [0.25, 0.3) is 0 Å². The van der Waals surface area contributed by atoms with Crippen LogP contribution in [0.1, 0.15) is 24.2 Å². The number of nitrogens with zero attached hydrogens (tertiary/aromatic N) is 1. The molecule has 0 bridgehead atoms. The Morgan fingerprint density at radius 3 is 2.70 bits per heavy atom. The Hall–Kier alpha value is -1.94. The number of aromatic amines is 1. The highest BCUT2D eigenvalue weighted by atomic mass is 32.2. The van der Waals surface area contributed by atoms with E-state index in [9.17, 15) is 0 Å². The first-order valence-electron chi connectivity index (χ1n) is 8.02. The summed E-state index contributed by atoms with van der Waals surface area (Å²) in [5.74, 6) is 4.10. The molecular weight excluding hydrogens is 304 g/mol. The van der Waals surface area contributed by atoms with E-state index in [0.29, 0.717) is 0 Å². The maximum atomic E-state index is 5.74. The molecule has 1 aromatic heterocycles. The van der Waals surface area contributed by atoms with E-state index in [1.54, 1.807) is 0 Å². The monoisotopic (exact) mass is 326 g/mol. The van der Waals surface area contributed by atoms with Gasteiger partial charge in [-0.1, -0.05) is 29.8 Å². The molecule has 1 heterocycles. The van der Waals surface area contributed by atoms with Crippen molar-refractivity contribution < 1.29 is 4.74 Å². The Morgan fingerprint density at radius 2 is 1.87 bits per heavy atom. The fourth-order valence-corrected chi connectivity index (χ4v) is 3.26. The van der Waals surface area contributed by atoms with Gasteiger partial charge >= 0.3 is 0 Å². The molecule has 0 amide bonds. The number of aryl methyl sites for hydroxylation is 1. The molecule has 0 saturated carbocycles. The van der Waals surface area contributed by atoms with E-state index >= 15 is 0 Å². The average Bonchev–Trinajstić information content (AvgIpc) is 2.98. The second-order valence-corrected chi connectivity index (χ2v) is 6.73. The van der Waals surface area contributed by atoms with E-state index in [0.717, 1.165) is 53.6 Å². The molecule has 0 unspecified atom stereocenters. The number of imidazole rings is 1. The zero-order valence-corrected chi connectivity index (χ0v) is 14.2. The minimum absolute atomic E-state index is 0.786. The van der Waals surface area contributed by atoms with Gasteiger partial charge in [-0.05, 0) is 49.8 Å². The van der Waals surface area contributed by atoms with Crippen LogP contribution in [0.2, 0.25) is 0 Å². The summed E-state index contributed by atoms with van der Waals surface area (Å²) in [6.45, 7) is 2.87. The molecular formula is C19H22N2OS. The highest BCUT2D eigenvalue weighted by molar-refractivity contribution is 7.98. The predicted octanol–water partition coefficient (Wildman–Crippen LogP) is 4.96. The lowest BCUT2D eigenvalue weighted by molar-refractivity contribution is 0.310. The molecule has 1 N–H and O–H groups in total. The number of unbranched alkanes of at least 4 members (excludes halogenated alkanes) is 1. The summed E-state index contributed by atoms with van der Waals surface area (Å²) in [5, 5.41) is 0. The van der Waals surface area contributed by atoms with E-state index < -0.39 is 0 Å². The van der Waals surface area contributed by atoms with Crippen molar-refractivity contribution in [3.05, 3.63) is 59.9 Å². The van der Waals surface area contributed by atoms with Gasteiger partial charge in [-0.25, -0.2) is 4.98 Å². The molecule has 3 aromatic rings. The van der Waals surface area contributed by atoms with E-state index in [2.05, 4.69) is 35.1 Å². The largest absolute Gasteiger partial charge is 0.494 e. The van der Waals surface area contributed by atoms with Gasteiger partial charge in [0, 0.05) is 0 Å². The van der Waals surface area contributed by atoms with Crippen LogP contribution in [0.25, 0.3) is 11.0 Å². The second kappa shape index (κ2) is 8.06. The molecule has 0 spiro atoms. The van der Waals surface area contributed by atoms with Crippen molar-refractivity contribution in [2.45, 2.75) is 25.5 Å². The first kappa shape index (κ1) is 15.9. The third-order valence-corrected chi connectivity index (χ3v) is 4.70. The lowest BCUT2D eigenvalue weighted by atomic mass is 10.2. The lowest BCUT2D eigenvalue weighted by Crippen LogP contribution is -1.98. The molecule has 0 aliphatic heterocycles. The number of nitrogens with one attached hydrogen (secondary N) is 1. The maximum Gasteiger partial charge on any atom is 0.119 e. The smallest absolute Gasteiger partial charge is 0.119 e. The Morgan fingerprint density at radius 1 is 1.04 bits per heavy atom. The Kier molecular flexibility index (Phi) is 5.59. The number of benzene rings is 2. The molecule has 0 fully saturated rings. The summed E-state index contributed by atoms with van der Waals surface area (Å²) in [4.78, 5) is 7.96. The quantitative estimate of drug-likeness (QED) is 0.594. The minimum atomic E-state index is 0.786. The van der Waals surface area contributed by atoms with Gasteiger partial charge < -0.3 is 9.72 Å². The molecule has 3 nitrogen and oxygen atoms in total. The van der Waals surface area contributed by atoms with Crippen LogP contribution in [0.15, 0.2) is 48.5 Å². The first-order valence-corrected chi connectivity index (χ1v) is 9.17. The summed E-state index contributed by atoms with van der Waals surface area (Å²) in [7, 11) is 0. The summed E-state index contributed by atoms with van der Waals surface area (Å²) in [5.41, 5.74) is 3.43. The molecule has 4 heteroatoms. The molecule has 0 aliphatic rings. The number of hydrogen-bond donors (Lipinski definition) is 1. The topological polar surface area (TPSA) is 37.9 Å². The van der Waals surface area contributed by atoms with Crippen LogP contribution in [0.4, 0.5) is 0 Å². The first-order chi connectivity index (χ1) is 11.3. The molecule has 2 aromatic carbocycles. The fourth-order valence-electron chi connectivity index (χ4n) is 2.37. The van der Waals surface area contributed by atoms with Crippen molar-refractivity contribution in [2.24, 2.45) is 0 Å². The van der Waals surface area contributed by atoms with Crippen LogP contribution >= 0.6 is 11.8 Å². The molecule has 3 rings (SSSR count). The van der Waals surface area contributed by atoms with Crippen molar-refractivity contribution in [3.63, 3.8) is 0 Å². The van der Waals surface area contributed by atoms with E-state index in [1.807, 2.05) is 42.1 Å². The number of H-pyrrole nitrogens is 1. The maximum absolute atomic E-state index is 5.74. The summed E-state index contributed by atoms with van der Waals surface area (Å²) < 4.78 is 5.74. The number of hydrogen-bond acceptors (Lipinski definition) is 3. The summed E-state index contributed by atoms with van der Waals surface area (Å²) in [6.07, 6.45) is 2.25. The number of para-hydroxylation sites is 2. The predicted molar refractivity (Wildman–Crippen MR) is 98.2 cm³/mol. The van der Waals surface area contributed by atoms with E-state index in [-0.39, 0.29) is 0 Å². The fraction of sp³-hybridized carbons (Fsp3) is 0.316. The van der Waals surface area contributed by atoms with Crippen LogP contribution in [-0.4, -0.2) is 22.3 Å². The number of rotatable bonds is 8. The van der Waals surface area contributed by atoms with Crippen molar-refractivity contribution in [3.8, 4) is 5.75 Å². The third kappa shape index (κ3) is 4.76. The van der Waals surface area contributed by atoms with Gasteiger partial charge in [-0.3, -0.25) is 0 Å². The van der Waals surface area contributed by atoms with Gasteiger partial charge in [0.1, 0.15) is 11.6 Å². The highest BCUT2D eigenvalue weighted by Gasteiger charge is 2.01. The van der Waals surface area contributed by atoms with E-state index in [4.69, 9.17) is 4.74 Å². The number of fused-ring (bicyclic) bond motifs is 1. The third-order valence-electron chi connectivity index (χ3n) is 3.65. The SMILES string of the molecule is Cc1ccc(OCCCCSCc2nc3ccccc3[nH]2)cc1. The molecule has 0 aliphatic carbocycles. The molecule has 23 heavy (non-hydrogen) atoms. The molecule has 0 radical (unpaired) electrons. The molecule has 0 saturated heterocycles. The van der Waals surface area contributed by atoms with Crippen molar-refractivity contribution >= 4 is 22.8 Å². The molecule has 120 valence electrons. The average molecular weight is 326 g/mol. The van der Waals surface area contributed by atoms with Crippen molar-refractivity contribution in [1.82, 2.24) is 9.97 Å². The Bertz CT molecular complexity index is 703. The minimum Gasteiger partial charge on any atom is -0.494 e. The summed E-state index contributed by atoms with van der Waals surface area (Å²) >= 11 is 1.92. The lowest BCUT2D eigenvalue weighted by Gasteiger charge is -2.06. The van der Waals surface area contributed by atoms with Crippen LogP contribution in [0, 0.1) is 6.92 Å². The Balaban J connectivity index is 1.30.